The van der Waals surface area contributed by atoms with Crippen LogP contribution in [-0.2, 0) is 6.61 Å². The van der Waals surface area contributed by atoms with Crippen molar-refractivity contribution in [3.05, 3.63) is 27.7 Å². The van der Waals surface area contributed by atoms with E-state index in [1.54, 1.807) is 0 Å². The molecule has 6 heteroatoms. The van der Waals surface area contributed by atoms with Gasteiger partial charge in [0.1, 0.15) is 5.75 Å². The predicted octanol–water partition coefficient (Wildman–Crippen LogP) is 0.510. The molecule has 0 aliphatic heterocycles. The number of nitrogens with one attached hydrogen (secondary N) is 1. The second kappa shape index (κ2) is 3.53. The molecule has 0 unspecified atom stereocenters. The van der Waals surface area contributed by atoms with Gasteiger partial charge in [-0.15, -0.1) is 0 Å². The van der Waals surface area contributed by atoms with E-state index >= 15 is 0 Å². The standard InChI is InChI=1S/C7H7F2NO3/c8-7(9)6-3(2-11)4(12)1-5(13)10-6/h1,7,11H,2H2,(H2,10,12,13). The highest BCUT2D eigenvalue weighted by Gasteiger charge is 2.17. The van der Waals surface area contributed by atoms with Gasteiger partial charge in [-0.25, -0.2) is 8.78 Å². The Labute approximate surface area is 71.5 Å². The molecule has 0 saturated heterocycles. The van der Waals surface area contributed by atoms with Gasteiger partial charge in [0.25, 0.3) is 12.0 Å². The highest BCUT2D eigenvalue weighted by Crippen LogP contribution is 2.25. The Balaban J connectivity index is 3.38. The van der Waals surface area contributed by atoms with Crippen molar-refractivity contribution in [2.75, 3.05) is 0 Å². The third-order valence-corrected chi connectivity index (χ3v) is 1.54. The van der Waals surface area contributed by atoms with E-state index in [4.69, 9.17) is 10.2 Å². The summed E-state index contributed by atoms with van der Waals surface area (Å²) in [4.78, 5) is 12.5. The van der Waals surface area contributed by atoms with Crippen molar-refractivity contribution in [1.82, 2.24) is 4.98 Å². The number of halogens is 2. The number of aliphatic hydroxyl groups excluding tert-OH is 1. The smallest absolute Gasteiger partial charge is 0.278 e. The molecule has 1 rings (SSSR count). The van der Waals surface area contributed by atoms with Gasteiger partial charge in [0.2, 0.25) is 0 Å². The van der Waals surface area contributed by atoms with E-state index in [1.807, 2.05) is 4.98 Å². The predicted molar refractivity (Wildman–Crippen MR) is 39.6 cm³/mol. The average molecular weight is 191 g/mol. The van der Waals surface area contributed by atoms with E-state index in [0.29, 0.717) is 0 Å². The quantitative estimate of drug-likeness (QED) is 0.637. The number of aliphatic hydroxyl groups is 1. The van der Waals surface area contributed by atoms with Crippen molar-refractivity contribution >= 4 is 0 Å². The van der Waals surface area contributed by atoms with Crippen LogP contribution in [0.1, 0.15) is 17.7 Å². The van der Waals surface area contributed by atoms with Crippen molar-refractivity contribution in [2.45, 2.75) is 13.0 Å². The van der Waals surface area contributed by atoms with Gasteiger partial charge in [-0.05, 0) is 0 Å². The molecule has 0 bridgehead atoms. The molecule has 3 N–H and O–H groups in total. The maximum Gasteiger partial charge on any atom is 0.278 e. The monoisotopic (exact) mass is 191 g/mol. The van der Waals surface area contributed by atoms with Crippen molar-refractivity contribution in [3.8, 4) is 5.75 Å². The zero-order chi connectivity index (χ0) is 10.0. The minimum atomic E-state index is -2.93. The van der Waals surface area contributed by atoms with Crippen molar-refractivity contribution in [1.29, 1.82) is 0 Å². The van der Waals surface area contributed by atoms with Crippen LogP contribution in [0.4, 0.5) is 8.78 Å². The van der Waals surface area contributed by atoms with Crippen LogP contribution >= 0.6 is 0 Å². The SMILES string of the molecule is O=c1cc(O)c(CO)c(C(F)F)[nH]1. The van der Waals surface area contributed by atoms with Crippen LogP contribution in [0.25, 0.3) is 0 Å². The Bertz CT molecular complexity index is 361. The number of hydrogen-bond acceptors (Lipinski definition) is 3. The highest BCUT2D eigenvalue weighted by molar-refractivity contribution is 5.34. The molecule has 0 aliphatic rings. The van der Waals surface area contributed by atoms with Gasteiger partial charge in [0.05, 0.1) is 12.3 Å². The average Bonchev–Trinajstić information content (AvgIpc) is 2.02. The lowest BCUT2D eigenvalue weighted by Crippen LogP contribution is -2.11. The molecule has 0 fully saturated rings. The summed E-state index contributed by atoms with van der Waals surface area (Å²) in [5.41, 5.74) is -1.92. The Morgan fingerprint density at radius 1 is 1.54 bits per heavy atom. The topological polar surface area (TPSA) is 73.3 Å². The van der Waals surface area contributed by atoms with Gasteiger partial charge in [-0.3, -0.25) is 4.79 Å². The maximum absolute atomic E-state index is 12.2. The van der Waals surface area contributed by atoms with E-state index in [2.05, 4.69) is 0 Å². The molecule has 0 aliphatic carbocycles. The number of aromatic hydroxyl groups is 1. The first-order valence-electron chi connectivity index (χ1n) is 3.40. The third kappa shape index (κ3) is 1.83. The molecule has 0 spiro atoms. The summed E-state index contributed by atoms with van der Waals surface area (Å²) in [6.45, 7) is -0.748. The number of aromatic nitrogens is 1. The Kier molecular flexibility index (Phi) is 2.62. The summed E-state index contributed by atoms with van der Waals surface area (Å²) in [5, 5.41) is 17.6. The number of aromatic amines is 1. The van der Waals surface area contributed by atoms with E-state index in [0.717, 1.165) is 6.07 Å². The molecule has 0 atom stereocenters. The van der Waals surface area contributed by atoms with E-state index in [-0.39, 0.29) is 5.56 Å². The van der Waals surface area contributed by atoms with E-state index in [1.165, 1.54) is 0 Å². The molecule has 13 heavy (non-hydrogen) atoms. The minimum absolute atomic E-state index is 0.352. The van der Waals surface area contributed by atoms with Crippen molar-refractivity contribution < 1.29 is 19.0 Å². The Morgan fingerprint density at radius 3 is 2.62 bits per heavy atom. The third-order valence-electron chi connectivity index (χ3n) is 1.54. The minimum Gasteiger partial charge on any atom is -0.507 e. The molecule has 4 nitrogen and oxygen atoms in total. The van der Waals surface area contributed by atoms with Crippen LogP contribution in [0.15, 0.2) is 10.9 Å². The lowest BCUT2D eigenvalue weighted by atomic mass is 10.2. The lowest BCUT2D eigenvalue weighted by Gasteiger charge is -2.06. The van der Waals surface area contributed by atoms with Crippen molar-refractivity contribution in [2.24, 2.45) is 0 Å². The number of hydrogen-bond donors (Lipinski definition) is 3. The molecule has 1 heterocycles. The summed E-state index contributed by atoms with van der Waals surface area (Å²) in [6, 6.07) is 0.734. The van der Waals surface area contributed by atoms with E-state index < -0.39 is 30.0 Å². The molecule has 72 valence electrons. The van der Waals surface area contributed by atoms with Crippen molar-refractivity contribution in [3.63, 3.8) is 0 Å². The fraction of sp³-hybridized carbons (Fsp3) is 0.286. The second-order valence-electron chi connectivity index (χ2n) is 2.37. The summed E-state index contributed by atoms with van der Waals surface area (Å²) in [5.74, 6) is -0.624. The van der Waals surface area contributed by atoms with Crippen LogP contribution in [0.5, 0.6) is 5.75 Å². The zero-order valence-corrected chi connectivity index (χ0v) is 6.42. The van der Waals surface area contributed by atoms with Crippen LogP contribution in [-0.4, -0.2) is 15.2 Å². The second-order valence-corrected chi connectivity index (χ2v) is 2.37. The first-order chi connectivity index (χ1) is 6.06. The van der Waals surface area contributed by atoms with Gasteiger partial charge >= 0.3 is 0 Å². The van der Waals surface area contributed by atoms with Crippen LogP contribution in [0.3, 0.4) is 0 Å². The van der Waals surface area contributed by atoms with Gasteiger partial charge in [0.15, 0.2) is 0 Å². The van der Waals surface area contributed by atoms with E-state index in [9.17, 15) is 13.6 Å². The Hall–Kier alpha value is -1.43. The zero-order valence-electron chi connectivity index (χ0n) is 6.42. The lowest BCUT2D eigenvalue weighted by molar-refractivity contribution is 0.140. The number of rotatable bonds is 2. The highest BCUT2D eigenvalue weighted by atomic mass is 19.3. The van der Waals surface area contributed by atoms with Crippen LogP contribution < -0.4 is 5.56 Å². The van der Waals surface area contributed by atoms with Gasteiger partial charge in [0, 0.05) is 11.6 Å². The summed E-state index contributed by atoms with van der Waals surface area (Å²) in [6.07, 6.45) is -2.93. The molecule has 0 amide bonds. The molecular formula is C7H7F2NO3. The maximum atomic E-state index is 12.2. The normalized spacial score (nSPS) is 10.8. The van der Waals surface area contributed by atoms with Crippen LogP contribution in [0.2, 0.25) is 0 Å². The summed E-state index contributed by atoms with van der Waals surface area (Å²) < 4.78 is 24.4. The molecule has 1 aromatic heterocycles. The molecule has 0 saturated carbocycles. The number of pyridine rings is 1. The Morgan fingerprint density at radius 2 is 2.15 bits per heavy atom. The number of alkyl halides is 2. The molecular weight excluding hydrogens is 184 g/mol. The molecule has 0 radical (unpaired) electrons. The van der Waals surface area contributed by atoms with Crippen LogP contribution in [0, 0.1) is 0 Å². The summed E-state index contributed by atoms with van der Waals surface area (Å²) >= 11 is 0. The fourth-order valence-electron chi connectivity index (χ4n) is 0.946. The number of H-pyrrole nitrogens is 1. The fourth-order valence-corrected chi connectivity index (χ4v) is 0.946. The van der Waals surface area contributed by atoms with Gasteiger partial charge in [-0.2, -0.15) is 0 Å². The molecule has 0 aromatic carbocycles. The first kappa shape index (κ1) is 9.66. The largest absolute Gasteiger partial charge is 0.507 e. The van der Waals surface area contributed by atoms with Gasteiger partial charge < -0.3 is 15.2 Å². The van der Waals surface area contributed by atoms with Gasteiger partial charge in [-0.1, -0.05) is 0 Å². The molecule has 1 aromatic rings. The summed E-state index contributed by atoms with van der Waals surface area (Å²) in [7, 11) is 0. The first-order valence-corrected chi connectivity index (χ1v) is 3.40.